The maximum atomic E-state index is 11.6. The summed E-state index contributed by atoms with van der Waals surface area (Å²) in [5, 5.41) is 3.96. The van der Waals surface area contributed by atoms with Crippen LogP contribution in [-0.4, -0.2) is 68.7 Å². The lowest BCUT2D eigenvalue weighted by Gasteiger charge is -2.40. The van der Waals surface area contributed by atoms with Crippen LogP contribution < -0.4 is 10.2 Å². The summed E-state index contributed by atoms with van der Waals surface area (Å²) in [6, 6.07) is 6.68. The Bertz CT molecular complexity index is 622. The van der Waals surface area contributed by atoms with Crippen molar-refractivity contribution in [3.8, 4) is 0 Å². The van der Waals surface area contributed by atoms with E-state index in [0.717, 1.165) is 62.1 Å². The van der Waals surface area contributed by atoms with Gasteiger partial charge in [0.2, 0.25) is 0 Å². The predicted octanol–water partition coefficient (Wildman–Crippen LogP) is 3.21. The topological polar surface area (TPSA) is 38.8 Å². The Morgan fingerprint density at radius 2 is 1.92 bits per heavy atom. The average Bonchev–Trinajstić information content (AvgIpc) is 2.59. The number of piperazine rings is 1. The second-order valence-electron chi connectivity index (χ2n) is 7.90. The van der Waals surface area contributed by atoms with Crippen LogP contribution in [0.5, 0.6) is 0 Å². The molecule has 1 heterocycles. The molecule has 2 amide bonds. The third-order valence-electron chi connectivity index (χ3n) is 5.71. The SMILES string of the molecule is Cc1cccc(N2CCN(CCC3CC(NC(=O)N(C)C)C3)CC2)c1Cl. The first-order valence-electron chi connectivity index (χ1n) is 9.64. The number of benzene rings is 1. The average molecular weight is 379 g/mol. The molecule has 0 unspecified atom stereocenters. The number of carbonyl (C=O) groups excluding carboxylic acids is 1. The van der Waals surface area contributed by atoms with Gasteiger partial charge in [0.05, 0.1) is 10.7 Å². The molecule has 144 valence electrons. The molecular formula is C20H31ClN4O. The van der Waals surface area contributed by atoms with E-state index >= 15 is 0 Å². The van der Waals surface area contributed by atoms with Gasteiger partial charge >= 0.3 is 6.03 Å². The maximum absolute atomic E-state index is 11.6. The molecule has 1 saturated heterocycles. The number of carbonyl (C=O) groups is 1. The third kappa shape index (κ3) is 4.63. The van der Waals surface area contributed by atoms with Crippen molar-refractivity contribution in [1.29, 1.82) is 0 Å². The van der Waals surface area contributed by atoms with Gasteiger partial charge in [-0.25, -0.2) is 4.79 Å². The lowest BCUT2D eigenvalue weighted by Crippen LogP contribution is -2.49. The van der Waals surface area contributed by atoms with Crippen LogP contribution in [0, 0.1) is 12.8 Å². The van der Waals surface area contributed by atoms with E-state index in [2.05, 4.69) is 40.2 Å². The van der Waals surface area contributed by atoms with E-state index in [4.69, 9.17) is 11.6 Å². The zero-order valence-electron chi connectivity index (χ0n) is 16.2. The number of rotatable bonds is 5. The van der Waals surface area contributed by atoms with Gasteiger partial charge in [-0.05, 0) is 50.3 Å². The highest BCUT2D eigenvalue weighted by Crippen LogP contribution is 2.32. The Labute approximate surface area is 162 Å². The van der Waals surface area contributed by atoms with Gasteiger partial charge in [-0.2, -0.15) is 0 Å². The zero-order chi connectivity index (χ0) is 18.7. The van der Waals surface area contributed by atoms with Gasteiger partial charge < -0.3 is 15.1 Å². The van der Waals surface area contributed by atoms with Crippen LogP contribution in [0.25, 0.3) is 0 Å². The summed E-state index contributed by atoms with van der Waals surface area (Å²) in [5.41, 5.74) is 2.32. The van der Waals surface area contributed by atoms with E-state index < -0.39 is 0 Å². The van der Waals surface area contributed by atoms with Crippen molar-refractivity contribution in [1.82, 2.24) is 15.1 Å². The molecule has 0 atom stereocenters. The van der Waals surface area contributed by atoms with Gasteiger partial charge in [-0.3, -0.25) is 4.90 Å². The van der Waals surface area contributed by atoms with Crippen molar-refractivity contribution in [2.75, 3.05) is 51.7 Å². The van der Waals surface area contributed by atoms with Gasteiger partial charge in [0.1, 0.15) is 0 Å². The molecule has 1 aromatic carbocycles. The summed E-state index contributed by atoms with van der Waals surface area (Å²) in [6.45, 7) is 7.49. The first-order chi connectivity index (χ1) is 12.4. The van der Waals surface area contributed by atoms with Gasteiger partial charge in [-0.1, -0.05) is 23.7 Å². The van der Waals surface area contributed by atoms with Crippen LogP contribution in [0.15, 0.2) is 18.2 Å². The first kappa shape index (κ1) is 19.3. The Hall–Kier alpha value is -1.46. The van der Waals surface area contributed by atoms with Crippen molar-refractivity contribution >= 4 is 23.3 Å². The van der Waals surface area contributed by atoms with Gasteiger partial charge in [-0.15, -0.1) is 0 Å². The van der Waals surface area contributed by atoms with Crippen LogP contribution in [0.1, 0.15) is 24.8 Å². The highest BCUT2D eigenvalue weighted by atomic mass is 35.5. The molecule has 1 aromatic rings. The number of hydrogen-bond acceptors (Lipinski definition) is 3. The Morgan fingerprint density at radius 1 is 1.23 bits per heavy atom. The van der Waals surface area contributed by atoms with E-state index in [1.165, 1.54) is 12.1 Å². The molecule has 26 heavy (non-hydrogen) atoms. The van der Waals surface area contributed by atoms with E-state index in [9.17, 15) is 4.79 Å². The Kier molecular flexibility index (Phi) is 6.30. The smallest absolute Gasteiger partial charge is 0.317 e. The predicted molar refractivity (Wildman–Crippen MR) is 108 cm³/mol. The van der Waals surface area contributed by atoms with Crippen molar-refractivity contribution in [3.05, 3.63) is 28.8 Å². The Morgan fingerprint density at radius 3 is 2.58 bits per heavy atom. The number of amides is 2. The quantitative estimate of drug-likeness (QED) is 0.855. The largest absolute Gasteiger partial charge is 0.368 e. The molecular weight excluding hydrogens is 348 g/mol. The molecule has 0 spiro atoms. The summed E-state index contributed by atoms with van der Waals surface area (Å²) < 4.78 is 0. The Balaban J connectivity index is 1.35. The van der Waals surface area contributed by atoms with Gasteiger partial charge in [0, 0.05) is 46.3 Å². The standard InChI is InChI=1S/C20H31ClN4O/c1-15-5-4-6-18(19(15)21)25-11-9-24(10-12-25)8-7-16-13-17(14-16)22-20(26)23(2)3/h4-6,16-17H,7-14H2,1-3H3,(H,22,26). The summed E-state index contributed by atoms with van der Waals surface area (Å²) in [6.07, 6.45) is 3.48. The minimum atomic E-state index is 0.0272. The molecule has 6 heteroatoms. The molecule has 5 nitrogen and oxygen atoms in total. The van der Waals surface area contributed by atoms with Crippen molar-refractivity contribution in [2.45, 2.75) is 32.2 Å². The van der Waals surface area contributed by atoms with Crippen LogP contribution in [0.2, 0.25) is 5.02 Å². The number of hydrogen-bond donors (Lipinski definition) is 1. The molecule has 1 saturated carbocycles. The molecule has 0 radical (unpaired) electrons. The van der Waals surface area contributed by atoms with E-state index in [1.807, 2.05) is 0 Å². The van der Waals surface area contributed by atoms with Crippen LogP contribution >= 0.6 is 11.6 Å². The maximum Gasteiger partial charge on any atom is 0.317 e. The molecule has 2 fully saturated rings. The fraction of sp³-hybridized carbons (Fsp3) is 0.650. The van der Waals surface area contributed by atoms with Gasteiger partial charge in [0.25, 0.3) is 0 Å². The van der Waals surface area contributed by atoms with E-state index in [1.54, 1.807) is 19.0 Å². The summed E-state index contributed by atoms with van der Waals surface area (Å²) in [5.74, 6) is 0.756. The molecule has 0 bridgehead atoms. The number of urea groups is 1. The second kappa shape index (κ2) is 8.49. The first-order valence-corrected chi connectivity index (χ1v) is 10.0. The number of aryl methyl sites for hydroxylation is 1. The zero-order valence-corrected chi connectivity index (χ0v) is 16.9. The number of nitrogens with zero attached hydrogens (tertiary/aromatic N) is 3. The van der Waals surface area contributed by atoms with Gasteiger partial charge in [0.15, 0.2) is 0 Å². The third-order valence-corrected chi connectivity index (χ3v) is 6.20. The number of anilines is 1. The highest BCUT2D eigenvalue weighted by Gasteiger charge is 2.31. The van der Waals surface area contributed by atoms with Crippen LogP contribution in [-0.2, 0) is 0 Å². The number of nitrogens with one attached hydrogen (secondary N) is 1. The van der Waals surface area contributed by atoms with Crippen molar-refractivity contribution in [3.63, 3.8) is 0 Å². The lowest BCUT2D eigenvalue weighted by molar-refractivity contribution is 0.162. The lowest BCUT2D eigenvalue weighted by atomic mass is 9.78. The molecule has 2 aliphatic rings. The number of halogens is 1. The van der Waals surface area contributed by atoms with Crippen LogP contribution in [0.3, 0.4) is 0 Å². The second-order valence-corrected chi connectivity index (χ2v) is 8.28. The molecule has 1 aliphatic heterocycles. The minimum absolute atomic E-state index is 0.0272. The van der Waals surface area contributed by atoms with E-state index in [0.29, 0.717) is 6.04 Å². The van der Waals surface area contributed by atoms with Crippen molar-refractivity contribution < 1.29 is 4.79 Å². The summed E-state index contributed by atoms with van der Waals surface area (Å²) >= 11 is 6.47. The van der Waals surface area contributed by atoms with Crippen molar-refractivity contribution in [2.24, 2.45) is 5.92 Å². The summed E-state index contributed by atoms with van der Waals surface area (Å²) in [7, 11) is 3.57. The highest BCUT2D eigenvalue weighted by molar-refractivity contribution is 6.34. The fourth-order valence-corrected chi connectivity index (χ4v) is 4.09. The molecule has 3 rings (SSSR count). The minimum Gasteiger partial charge on any atom is -0.368 e. The van der Waals surface area contributed by atoms with E-state index in [-0.39, 0.29) is 6.03 Å². The molecule has 1 aliphatic carbocycles. The van der Waals surface area contributed by atoms with Crippen LogP contribution in [0.4, 0.5) is 10.5 Å². The monoisotopic (exact) mass is 378 g/mol. The molecule has 1 N–H and O–H groups in total. The normalized spacial score (nSPS) is 23.5. The molecule has 0 aromatic heterocycles. The fourth-order valence-electron chi connectivity index (χ4n) is 3.85. The summed E-state index contributed by atoms with van der Waals surface area (Å²) in [4.78, 5) is 18.2.